The summed E-state index contributed by atoms with van der Waals surface area (Å²) >= 11 is 0. The third kappa shape index (κ3) is 3.63. The van der Waals surface area contributed by atoms with Crippen LogP contribution in [-0.2, 0) is 16.0 Å². The number of amides is 2. The highest BCUT2D eigenvalue weighted by molar-refractivity contribution is 5.88. The zero-order chi connectivity index (χ0) is 16.3. The number of primary amides is 1. The fourth-order valence-electron chi connectivity index (χ4n) is 2.73. The largest absolute Gasteiger partial charge is 0.478 e. The van der Waals surface area contributed by atoms with Crippen LogP contribution in [0.15, 0.2) is 24.3 Å². The van der Waals surface area contributed by atoms with Gasteiger partial charge in [0.2, 0.25) is 11.8 Å². The molecule has 1 heterocycles. The number of carbonyl (C=O) groups excluding carboxylic acids is 2. The highest BCUT2D eigenvalue weighted by Crippen LogP contribution is 2.22. The molecule has 0 aromatic heterocycles. The molecule has 2 rings (SSSR count). The topological polar surface area (TPSA) is 101 Å². The minimum atomic E-state index is -0.994. The molecule has 0 bridgehead atoms. The van der Waals surface area contributed by atoms with Crippen LogP contribution in [0.5, 0.6) is 0 Å². The molecule has 0 saturated carbocycles. The first kappa shape index (κ1) is 16.0. The van der Waals surface area contributed by atoms with Crippen molar-refractivity contribution in [1.29, 1.82) is 0 Å². The van der Waals surface area contributed by atoms with Crippen LogP contribution >= 0.6 is 0 Å². The summed E-state index contributed by atoms with van der Waals surface area (Å²) in [5.41, 5.74) is 6.28. The Bertz CT molecular complexity index is 582. The number of carboxylic acid groups (broad SMARTS) is 1. The summed E-state index contributed by atoms with van der Waals surface area (Å²) in [6, 6.07) is 6.33. The van der Waals surface area contributed by atoms with Crippen molar-refractivity contribution in [2.24, 2.45) is 11.7 Å². The lowest BCUT2D eigenvalue weighted by molar-refractivity contribution is -0.136. The molecular formula is C16H20N2O4. The van der Waals surface area contributed by atoms with Gasteiger partial charge in [0.1, 0.15) is 0 Å². The maximum absolute atomic E-state index is 12.4. The number of carbonyl (C=O) groups is 3. The molecule has 2 amide bonds. The number of aromatic carboxylic acids is 1. The number of carboxylic acids is 1. The Balaban J connectivity index is 2.03. The van der Waals surface area contributed by atoms with Gasteiger partial charge >= 0.3 is 5.97 Å². The molecule has 1 aromatic carbocycles. The Labute approximate surface area is 128 Å². The standard InChI is InChI=1S/C16H20N2O4/c1-10-2-5-13(15(17)20)9-18(10)14(19)8-11-3-6-12(7-4-11)16(21)22/h3-4,6-7,10,13H,2,5,8-9H2,1H3,(H2,17,20)(H,21,22). The summed E-state index contributed by atoms with van der Waals surface area (Å²) in [5.74, 6) is -1.71. The van der Waals surface area contributed by atoms with E-state index in [9.17, 15) is 14.4 Å². The van der Waals surface area contributed by atoms with E-state index in [0.717, 1.165) is 12.0 Å². The summed E-state index contributed by atoms with van der Waals surface area (Å²) < 4.78 is 0. The van der Waals surface area contributed by atoms with E-state index in [1.165, 1.54) is 12.1 Å². The number of rotatable bonds is 4. The molecule has 118 valence electrons. The quantitative estimate of drug-likeness (QED) is 0.867. The van der Waals surface area contributed by atoms with E-state index < -0.39 is 5.97 Å². The predicted octanol–water partition coefficient (Wildman–Crippen LogP) is 1.04. The van der Waals surface area contributed by atoms with Gasteiger partial charge in [0.15, 0.2) is 0 Å². The molecule has 2 unspecified atom stereocenters. The van der Waals surface area contributed by atoms with Crippen LogP contribution in [0.2, 0.25) is 0 Å². The van der Waals surface area contributed by atoms with Crippen molar-refractivity contribution in [2.75, 3.05) is 6.54 Å². The number of benzene rings is 1. The SMILES string of the molecule is CC1CCC(C(N)=O)CN1C(=O)Cc1ccc(C(=O)O)cc1. The third-order valence-corrected chi connectivity index (χ3v) is 4.16. The number of nitrogens with two attached hydrogens (primary N) is 1. The first-order valence-corrected chi connectivity index (χ1v) is 7.29. The molecule has 1 fully saturated rings. The van der Waals surface area contributed by atoms with Gasteiger partial charge in [0.25, 0.3) is 0 Å². The fraction of sp³-hybridized carbons (Fsp3) is 0.438. The molecule has 1 saturated heterocycles. The summed E-state index contributed by atoms with van der Waals surface area (Å²) in [6.45, 7) is 2.32. The highest BCUT2D eigenvalue weighted by Gasteiger charge is 2.31. The minimum absolute atomic E-state index is 0.0680. The number of piperidine rings is 1. The lowest BCUT2D eigenvalue weighted by atomic mass is 9.92. The maximum Gasteiger partial charge on any atom is 0.335 e. The first-order valence-electron chi connectivity index (χ1n) is 7.29. The van der Waals surface area contributed by atoms with Crippen LogP contribution in [0.3, 0.4) is 0 Å². The Morgan fingerprint density at radius 3 is 2.41 bits per heavy atom. The second-order valence-corrected chi connectivity index (χ2v) is 5.75. The van der Waals surface area contributed by atoms with Gasteiger partial charge in [-0.25, -0.2) is 4.79 Å². The van der Waals surface area contributed by atoms with Gasteiger partial charge in [-0.3, -0.25) is 9.59 Å². The zero-order valence-electron chi connectivity index (χ0n) is 12.5. The normalized spacial score (nSPS) is 21.4. The van der Waals surface area contributed by atoms with Gasteiger partial charge in [0.05, 0.1) is 17.9 Å². The van der Waals surface area contributed by atoms with E-state index in [-0.39, 0.29) is 35.8 Å². The lowest BCUT2D eigenvalue weighted by Crippen LogP contribution is -2.49. The van der Waals surface area contributed by atoms with Gasteiger partial charge < -0.3 is 15.7 Å². The smallest absolute Gasteiger partial charge is 0.335 e. The lowest BCUT2D eigenvalue weighted by Gasteiger charge is -2.37. The van der Waals surface area contributed by atoms with E-state index >= 15 is 0 Å². The second-order valence-electron chi connectivity index (χ2n) is 5.75. The Morgan fingerprint density at radius 2 is 1.86 bits per heavy atom. The molecule has 2 atom stereocenters. The molecule has 1 aliphatic rings. The molecule has 1 aromatic rings. The van der Waals surface area contributed by atoms with Gasteiger partial charge in [0, 0.05) is 12.6 Å². The van der Waals surface area contributed by atoms with Crippen molar-refractivity contribution in [2.45, 2.75) is 32.2 Å². The summed E-state index contributed by atoms with van der Waals surface area (Å²) in [4.78, 5) is 36.2. The molecule has 0 radical (unpaired) electrons. The average Bonchev–Trinajstić information content (AvgIpc) is 2.47. The molecule has 0 aliphatic carbocycles. The zero-order valence-corrected chi connectivity index (χ0v) is 12.5. The molecular weight excluding hydrogens is 284 g/mol. The third-order valence-electron chi connectivity index (χ3n) is 4.16. The van der Waals surface area contributed by atoms with E-state index in [1.54, 1.807) is 17.0 Å². The minimum Gasteiger partial charge on any atom is -0.478 e. The van der Waals surface area contributed by atoms with Crippen LogP contribution in [-0.4, -0.2) is 40.4 Å². The van der Waals surface area contributed by atoms with Crippen LogP contribution in [0, 0.1) is 5.92 Å². The molecule has 22 heavy (non-hydrogen) atoms. The Hall–Kier alpha value is -2.37. The Morgan fingerprint density at radius 1 is 1.23 bits per heavy atom. The molecule has 6 nitrogen and oxygen atoms in total. The summed E-state index contributed by atoms with van der Waals surface area (Å²) in [5, 5.41) is 8.86. The van der Waals surface area contributed by atoms with Crippen LogP contribution in [0.4, 0.5) is 0 Å². The van der Waals surface area contributed by atoms with Crippen molar-refractivity contribution < 1.29 is 19.5 Å². The monoisotopic (exact) mass is 304 g/mol. The fourth-order valence-corrected chi connectivity index (χ4v) is 2.73. The molecule has 0 spiro atoms. The molecule has 1 aliphatic heterocycles. The molecule has 6 heteroatoms. The van der Waals surface area contributed by atoms with Crippen molar-refractivity contribution in [1.82, 2.24) is 4.90 Å². The van der Waals surface area contributed by atoms with Gasteiger partial charge in [-0.15, -0.1) is 0 Å². The number of hydrogen-bond donors (Lipinski definition) is 2. The van der Waals surface area contributed by atoms with Crippen LogP contribution in [0.1, 0.15) is 35.7 Å². The van der Waals surface area contributed by atoms with Gasteiger partial charge in [-0.05, 0) is 37.5 Å². The van der Waals surface area contributed by atoms with Gasteiger partial charge in [-0.2, -0.15) is 0 Å². The number of nitrogens with zero attached hydrogens (tertiary/aromatic N) is 1. The Kier molecular flexibility index (Phi) is 4.80. The highest BCUT2D eigenvalue weighted by atomic mass is 16.4. The van der Waals surface area contributed by atoms with E-state index in [4.69, 9.17) is 10.8 Å². The van der Waals surface area contributed by atoms with E-state index in [2.05, 4.69) is 0 Å². The number of hydrogen-bond acceptors (Lipinski definition) is 3. The van der Waals surface area contributed by atoms with Crippen LogP contribution in [0.25, 0.3) is 0 Å². The van der Waals surface area contributed by atoms with E-state index in [0.29, 0.717) is 13.0 Å². The summed E-state index contributed by atoms with van der Waals surface area (Å²) in [7, 11) is 0. The molecule has 3 N–H and O–H groups in total. The van der Waals surface area contributed by atoms with Crippen LogP contribution < -0.4 is 5.73 Å². The van der Waals surface area contributed by atoms with Crippen molar-refractivity contribution in [3.8, 4) is 0 Å². The van der Waals surface area contributed by atoms with Crippen molar-refractivity contribution in [3.05, 3.63) is 35.4 Å². The van der Waals surface area contributed by atoms with E-state index in [1.807, 2.05) is 6.92 Å². The van der Waals surface area contributed by atoms with Crippen molar-refractivity contribution >= 4 is 17.8 Å². The van der Waals surface area contributed by atoms with Crippen molar-refractivity contribution in [3.63, 3.8) is 0 Å². The maximum atomic E-state index is 12.4. The summed E-state index contributed by atoms with van der Waals surface area (Å²) in [6.07, 6.45) is 1.67. The van der Waals surface area contributed by atoms with Gasteiger partial charge in [-0.1, -0.05) is 12.1 Å². The number of likely N-dealkylation sites (tertiary alicyclic amines) is 1. The second kappa shape index (κ2) is 6.60. The average molecular weight is 304 g/mol. The first-order chi connectivity index (χ1) is 10.4. The predicted molar refractivity (Wildman–Crippen MR) is 80.2 cm³/mol.